The zero-order chi connectivity index (χ0) is 15.5. The largest absolute Gasteiger partial charge is 0.356 e. The Bertz CT molecular complexity index is 436. The van der Waals surface area contributed by atoms with Crippen LogP contribution < -0.4 is 5.32 Å². The molecule has 1 aromatic heterocycles. The predicted octanol–water partition coefficient (Wildman–Crippen LogP) is 2.22. The van der Waals surface area contributed by atoms with Gasteiger partial charge in [-0.1, -0.05) is 12.5 Å². The molecule has 0 spiro atoms. The van der Waals surface area contributed by atoms with E-state index in [4.69, 9.17) is 0 Å². The number of unbranched alkanes of at least 4 members (excludes halogenated alkanes) is 3. The molecule has 21 heavy (non-hydrogen) atoms. The summed E-state index contributed by atoms with van der Waals surface area (Å²) in [6.07, 6.45) is 11.7. The number of nitrogens with one attached hydrogen (secondary N) is 1. The molecule has 0 saturated heterocycles. The molecule has 0 amide bonds. The molecular weight excluding hydrogens is 262 g/mol. The van der Waals surface area contributed by atoms with E-state index in [9.17, 15) is 0 Å². The summed E-state index contributed by atoms with van der Waals surface area (Å²) in [6.45, 7) is 5.66. The first-order valence-corrected chi connectivity index (χ1v) is 7.67. The van der Waals surface area contributed by atoms with Crippen molar-refractivity contribution in [3.63, 3.8) is 0 Å². The normalized spacial score (nSPS) is 11.5. The van der Waals surface area contributed by atoms with Crippen LogP contribution in [0.3, 0.4) is 0 Å². The number of aromatic nitrogens is 2. The summed E-state index contributed by atoms with van der Waals surface area (Å²) in [5.41, 5.74) is 1.24. The van der Waals surface area contributed by atoms with Gasteiger partial charge in [0.25, 0.3) is 0 Å². The molecule has 0 unspecified atom stereocenters. The molecule has 0 radical (unpaired) electrons. The topological polar surface area (TPSA) is 45.4 Å². The fourth-order valence-electron chi connectivity index (χ4n) is 2.22. The van der Waals surface area contributed by atoms with Crippen LogP contribution in [0.5, 0.6) is 0 Å². The summed E-state index contributed by atoms with van der Waals surface area (Å²) in [5.74, 6) is 0.961. The maximum absolute atomic E-state index is 4.33. The van der Waals surface area contributed by atoms with Gasteiger partial charge < -0.3 is 10.2 Å². The molecule has 118 valence electrons. The summed E-state index contributed by atoms with van der Waals surface area (Å²) in [6, 6.07) is 0. The minimum absolute atomic E-state index is 0.874. The van der Waals surface area contributed by atoms with E-state index in [1.54, 1.807) is 0 Å². The second kappa shape index (κ2) is 10.0. The Morgan fingerprint density at radius 1 is 1.48 bits per heavy atom. The first kappa shape index (κ1) is 17.3. The number of guanidine groups is 1. The number of hydrogen-bond acceptors (Lipinski definition) is 2. The van der Waals surface area contributed by atoms with Gasteiger partial charge in [-0.25, -0.2) is 0 Å². The van der Waals surface area contributed by atoms with Crippen molar-refractivity contribution in [3.8, 4) is 0 Å². The highest BCUT2D eigenvalue weighted by Crippen LogP contribution is 2.02. The minimum Gasteiger partial charge on any atom is -0.356 e. The van der Waals surface area contributed by atoms with Crippen molar-refractivity contribution in [2.24, 2.45) is 12.0 Å². The zero-order valence-electron chi connectivity index (χ0n) is 13.7. The molecule has 0 aliphatic rings. The first-order valence-electron chi connectivity index (χ1n) is 7.67. The van der Waals surface area contributed by atoms with Gasteiger partial charge >= 0.3 is 0 Å². The molecule has 0 saturated carbocycles. The number of aryl methyl sites for hydroxylation is 1. The van der Waals surface area contributed by atoms with Gasteiger partial charge in [0, 0.05) is 40.4 Å². The number of nitrogens with zero attached hydrogens (tertiary/aromatic N) is 4. The van der Waals surface area contributed by atoms with E-state index < -0.39 is 0 Å². The van der Waals surface area contributed by atoms with E-state index in [0.717, 1.165) is 31.9 Å². The van der Waals surface area contributed by atoms with Gasteiger partial charge in [0.05, 0.1) is 6.20 Å². The van der Waals surface area contributed by atoms with Crippen LogP contribution in [0.1, 0.15) is 31.2 Å². The molecule has 0 aliphatic carbocycles. The van der Waals surface area contributed by atoms with Gasteiger partial charge in [0.1, 0.15) is 0 Å². The van der Waals surface area contributed by atoms with E-state index in [1.807, 2.05) is 37.2 Å². The predicted molar refractivity (Wildman–Crippen MR) is 89.6 cm³/mol. The lowest BCUT2D eigenvalue weighted by Gasteiger charge is -2.22. The van der Waals surface area contributed by atoms with Crippen LogP contribution in [0.15, 0.2) is 30.0 Å². The summed E-state index contributed by atoms with van der Waals surface area (Å²) in [5, 5.41) is 7.58. The zero-order valence-corrected chi connectivity index (χ0v) is 13.7. The molecular formula is C16H29N5. The van der Waals surface area contributed by atoms with Crippen molar-refractivity contribution in [3.05, 3.63) is 30.6 Å². The number of aliphatic imine (C=N–C) groups is 1. The monoisotopic (exact) mass is 291 g/mol. The van der Waals surface area contributed by atoms with E-state index in [2.05, 4.69) is 33.9 Å². The van der Waals surface area contributed by atoms with Crippen molar-refractivity contribution in [2.75, 3.05) is 27.2 Å². The van der Waals surface area contributed by atoms with Crippen LogP contribution in [0.4, 0.5) is 0 Å². The van der Waals surface area contributed by atoms with Gasteiger partial charge in [-0.05, 0) is 31.2 Å². The third-order valence-corrected chi connectivity index (χ3v) is 3.43. The summed E-state index contributed by atoms with van der Waals surface area (Å²) in [7, 11) is 5.86. The molecule has 5 heteroatoms. The molecule has 0 atom stereocenters. The molecule has 5 nitrogen and oxygen atoms in total. The molecule has 0 bridgehead atoms. The highest BCUT2D eigenvalue weighted by molar-refractivity contribution is 5.79. The quantitative estimate of drug-likeness (QED) is 0.328. The van der Waals surface area contributed by atoms with Crippen molar-refractivity contribution >= 4 is 5.96 Å². The molecule has 1 heterocycles. The third-order valence-electron chi connectivity index (χ3n) is 3.43. The molecule has 1 aromatic rings. The Kier molecular flexibility index (Phi) is 8.24. The standard InChI is InChI=1S/C16H29N5/c1-5-6-7-8-9-12-20(3)16(17-2)18-11-10-15-13-19-21(4)14-15/h5,13-14H,1,6-12H2,2-4H3,(H,17,18). The maximum atomic E-state index is 4.33. The fourth-order valence-corrected chi connectivity index (χ4v) is 2.22. The van der Waals surface area contributed by atoms with Crippen molar-refractivity contribution in [1.82, 2.24) is 20.0 Å². The molecule has 1 N–H and O–H groups in total. The van der Waals surface area contributed by atoms with Crippen LogP contribution in [0.2, 0.25) is 0 Å². The molecule has 0 aliphatic heterocycles. The summed E-state index contributed by atoms with van der Waals surface area (Å²) >= 11 is 0. The Balaban J connectivity index is 2.22. The lowest BCUT2D eigenvalue weighted by atomic mass is 10.2. The van der Waals surface area contributed by atoms with E-state index in [0.29, 0.717) is 0 Å². The Labute approximate surface area is 128 Å². The molecule has 1 rings (SSSR count). The van der Waals surface area contributed by atoms with Gasteiger partial charge in [-0.2, -0.15) is 5.10 Å². The second-order valence-electron chi connectivity index (χ2n) is 5.31. The SMILES string of the molecule is C=CCCCCCN(C)C(=NC)NCCc1cnn(C)c1. The Morgan fingerprint density at radius 2 is 2.29 bits per heavy atom. The Hall–Kier alpha value is -1.78. The average Bonchev–Trinajstić information content (AvgIpc) is 2.88. The molecule has 0 aromatic carbocycles. The lowest BCUT2D eigenvalue weighted by molar-refractivity contribution is 0.455. The van der Waals surface area contributed by atoms with E-state index >= 15 is 0 Å². The lowest BCUT2D eigenvalue weighted by Crippen LogP contribution is -2.40. The maximum Gasteiger partial charge on any atom is 0.193 e. The average molecular weight is 291 g/mol. The smallest absolute Gasteiger partial charge is 0.193 e. The number of allylic oxidation sites excluding steroid dienone is 1. The van der Waals surface area contributed by atoms with Crippen LogP contribution in [0, 0.1) is 0 Å². The van der Waals surface area contributed by atoms with E-state index in [1.165, 1.54) is 24.8 Å². The highest BCUT2D eigenvalue weighted by Gasteiger charge is 2.05. The van der Waals surface area contributed by atoms with Gasteiger partial charge in [0.15, 0.2) is 5.96 Å². The first-order chi connectivity index (χ1) is 10.2. The summed E-state index contributed by atoms with van der Waals surface area (Å²) in [4.78, 5) is 6.53. The van der Waals surface area contributed by atoms with Crippen LogP contribution in [-0.4, -0.2) is 47.8 Å². The van der Waals surface area contributed by atoms with Gasteiger partial charge in [-0.15, -0.1) is 6.58 Å². The number of rotatable bonds is 9. The second-order valence-corrected chi connectivity index (χ2v) is 5.31. The third kappa shape index (κ3) is 6.97. The fraction of sp³-hybridized carbons (Fsp3) is 0.625. The van der Waals surface area contributed by atoms with Gasteiger partial charge in [0.2, 0.25) is 0 Å². The van der Waals surface area contributed by atoms with Crippen LogP contribution in [0.25, 0.3) is 0 Å². The van der Waals surface area contributed by atoms with E-state index in [-0.39, 0.29) is 0 Å². The minimum atomic E-state index is 0.874. The van der Waals surface area contributed by atoms with Crippen LogP contribution >= 0.6 is 0 Å². The van der Waals surface area contributed by atoms with Crippen molar-refractivity contribution in [1.29, 1.82) is 0 Å². The van der Waals surface area contributed by atoms with Gasteiger partial charge in [-0.3, -0.25) is 9.67 Å². The Morgan fingerprint density at radius 3 is 2.90 bits per heavy atom. The number of hydrogen-bond donors (Lipinski definition) is 1. The highest BCUT2D eigenvalue weighted by atomic mass is 15.3. The van der Waals surface area contributed by atoms with Crippen molar-refractivity contribution in [2.45, 2.75) is 32.1 Å². The van der Waals surface area contributed by atoms with Crippen molar-refractivity contribution < 1.29 is 0 Å². The van der Waals surface area contributed by atoms with Crippen LogP contribution in [-0.2, 0) is 13.5 Å². The summed E-state index contributed by atoms with van der Waals surface area (Å²) < 4.78 is 1.83. The molecule has 0 fully saturated rings.